The quantitative estimate of drug-likeness (QED) is 0.571. The maximum absolute atomic E-state index is 5.04. The van der Waals surface area contributed by atoms with Gasteiger partial charge in [0.1, 0.15) is 5.03 Å². The van der Waals surface area contributed by atoms with Gasteiger partial charge in [-0.25, -0.2) is 4.98 Å². The Morgan fingerprint density at radius 3 is 3.00 bits per heavy atom. The molecule has 1 rings (SSSR count). The summed E-state index contributed by atoms with van der Waals surface area (Å²) < 4.78 is 5.04. The van der Waals surface area contributed by atoms with Gasteiger partial charge in [0.05, 0.1) is 0 Å². The first-order valence-electron chi connectivity index (χ1n) is 6.03. The summed E-state index contributed by atoms with van der Waals surface area (Å²) in [6, 6.07) is 4.64. The van der Waals surface area contributed by atoms with Crippen LogP contribution in [0, 0.1) is 0 Å². The molecule has 0 saturated heterocycles. The third-order valence-corrected chi connectivity index (χ3v) is 3.42. The van der Waals surface area contributed by atoms with Crippen LogP contribution in [0.15, 0.2) is 23.4 Å². The Morgan fingerprint density at radius 2 is 2.29 bits per heavy atom. The molecule has 0 radical (unpaired) electrons. The van der Waals surface area contributed by atoms with Crippen molar-refractivity contribution in [3.05, 3.63) is 23.9 Å². The van der Waals surface area contributed by atoms with E-state index in [2.05, 4.69) is 30.2 Å². The van der Waals surface area contributed by atoms with E-state index in [1.54, 1.807) is 7.11 Å². The van der Waals surface area contributed by atoms with Crippen LogP contribution in [0.25, 0.3) is 0 Å². The summed E-state index contributed by atoms with van der Waals surface area (Å²) in [6.07, 6.45) is 2.92. The number of thioether (sulfide) groups is 1. The van der Waals surface area contributed by atoms with Crippen LogP contribution in [0.4, 0.5) is 0 Å². The average molecular weight is 254 g/mol. The van der Waals surface area contributed by atoms with E-state index in [-0.39, 0.29) is 0 Å². The number of rotatable bonds is 8. The predicted molar refractivity (Wildman–Crippen MR) is 73.4 cm³/mol. The highest BCUT2D eigenvalue weighted by molar-refractivity contribution is 7.99. The summed E-state index contributed by atoms with van der Waals surface area (Å²) in [5, 5.41) is 4.56. The maximum Gasteiger partial charge on any atom is 0.100 e. The second-order valence-corrected chi connectivity index (χ2v) is 5.28. The van der Waals surface area contributed by atoms with Crippen molar-refractivity contribution < 1.29 is 4.74 Å². The van der Waals surface area contributed by atoms with Crippen LogP contribution in [-0.4, -0.2) is 30.5 Å². The molecule has 0 atom stereocenters. The van der Waals surface area contributed by atoms with Gasteiger partial charge in [-0.05, 0) is 18.1 Å². The third kappa shape index (κ3) is 6.05. The van der Waals surface area contributed by atoms with Gasteiger partial charge in [-0.15, -0.1) is 11.8 Å². The van der Waals surface area contributed by atoms with E-state index in [1.165, 1.54) is 5.56 Å². The van der Waals surface area contributed by atoms with Crippen molar-refractivity contribution in [2.75, 3.05) is 19.5 Å². The van der Waals surface area contributed by atoms with E-state index in [4.69, 9.17) is 4.74 Å². The molecule has 1 aromatic rings. The zero-order chi connectivity index (χ0) is 12.5. The zero-order valence-electron chi connectivity index (χ0n) is 10.9. The topological polar surface area (TPSA) is 34.1 Å². The predicted octanol–water partition coefficient (Wildman–Crippen LogP) is 2.71. The molecule has 0 aliphatic heterocycles. The van der Waals surface area contributed by atoms with Gasteiger partial charge in [-0.2, -0.15) is 0 Å². The second kappa shape index (κ2) is 8.50. The molecule has 0 aliphatic carbocycles. The molecule has 17 heavy (non-hydrogen) atoms. The lowest BCUT2D eigenvalue weighted by molar-refractivity contribution is 0.200. The fourth-order valence-electron chi connectivity index (χ4n) is 1.37. The van der Waals surface area contributed by atoms with Gasteiger partial charge >= 0.3 is 0 Å². The number of hydrogen-bond donors (Lipinski definition) is 1. The Balaban J connectivity index is 2.46. The summed E-state index contributed by atoms with van der Waals surface area (Å²) in [6.45, 7) is 6.01. The Hall–Kier alpha value is -0.580. The highest BCUT2D eigenvalue weighted by Gasteiger charge is 2.04. The van der Waals surface area contributed by atoms with Crippen LogP contribution in [0.1, 0.15) is 25.8 Å². The minimum Gasteiger partial charge on any atom is -0.385 e. The van der Waals surface area contributed by atoms with Crippen LogP contribution in [0.3, 0.4) is 0 Å². The average Bonchev–Trinajstić information content (AvgIpc) is 2.33. The molecular formula is C13H22N2OS. The first kappa shape index (κ1) is 14.5. The molecule has 0 fully saturated rings. The van der Waals surface area contributed by atoms with Crippen LogP contribution < -0.4 is 5.32 Å². The van der Waals surface area contributed by atoms with Crippen molar-refractivity contribution in [3.63, 3.8) is 0 Å². The molecule has 0 aromatic carbocycles. The van der Waals surface area contributed by atoms with E-state index in [0.29, 0.717) is 6.04 Å². The maximum atomic E-state index is 5.04. The molecule has 0 aliphatic rings. The van der Waals surface area contributed by atoms with Gasteiger partial charge in [0.2, 0.25) is 0 Å². The Labute approximate surface area is 108 Å². The van der Waals surface area contributed by atoms with E-state index in [0.717, 1.165) is 30.4 Å². The number of hydrogen-bond acceptors (Lipinski definition) is 4. The van der Waals surface area contributed by atoms with Crippen molar-refractivity contribution in [3.8, 4) is 0 Å². The Bertz CT molecular complexity index is 318. The standard InChI is InChI=1S/C13H22N2OS/c1-11(2)15-10-12-6-4-7-14-13(12)17-9-5-8-16-3/h4,6-7,11,15H,5,8-10H2,1-3H3. The number of pyridine rings is 1. The van der Waals surface area contributed by atoms with Crippen LogP contribution in [0.2, 0.25) is 0 Å². The molecule has 1 aromatic heterocycles. The molecule has 1 heterocycles. The minimum atomic E-state index is 0.501. The van der Waals surface area contributed by atoms with Crippen LogP contribution >= 0.6 is 11.8 Å². The highest BCUT2D eigenvalue weighted by Crippen LogP contribution is 2.20. The summed E-state index contributed by atoms with van der Waals surface area (Å²) in [4.78, 5) is 4.44. The lowest BCUT2D eigenvalue weighted by Crippen LogP contribution is -2.22. The Kier molecular flexibility index (Phi) is 7.24. The molecule has 0 saturated carbocycles. The Morgan fingerprint density at radius 1 is 1.47 bits per heavy atom. The smallest absolute Gasteiger partial charge is 0.100 e. The van der Waals surface area contributed by atoms with E-state index in [9.17, 15) is 0 Å². The number of nitrogens with zero attached hydrogens (tertiary/aromatic N) is 1. The minimum absolute atomic E-state index is 0.501. The second-order valence-electron chi connectivity index (χ2n) is 4.20. The summed E-state index contributed by atoms with van der Waals surface area (Å²) in [5.41, 5.74) is 1.28. The molecule has 0 amide bonds. The van der Waals surface area contributed by atoms with Gasteiger partial charge in [-0.3, -0.25) is 0 Å². The molecule has 0 bridgehead atoms. The molecule has 0 spiro atoms. The van der Waals surface area contributed by atoms with Crippen LogP contribution in [-0.2, 0) is 11.3 Å². The van der Waals surface area contributed by atoms with Crippen molar-refractivity contribution in [1.29, 1.82) is 0 Å². The number of aromatic nitrogens is 1. The SMILES string of the molecule is COCCCSc1ncccc1CNC(C)C. The molecule has 96 valence electrons. The molecular weight excluding hydrogens is 232 g/mol. The lowest BCUT2D eigenvalue weighted by Gasteiger charge is -2.11. The fraction of sp³-hybridized carbons (Fsp3) is 0.615. The monoisotopic (exact) mass is 254 g/mol. The van der Waals surface area contributed by atoms with Crippen LogP contribution in [0.5, 0.6) is 0 Å². The molecule has 3 nitrogen and oxygen atoms in total. The van der Waals surface area contributed by atoms with Crippen molar-refractivity contribution in [1.82, 2.24) is 10.3 Å². The largest absolute Gasteiger partial charge is 0.385 e. The third-order valence-electron chi connectivity index (χ3n) is 2.28. The number of methoxy groups -OCH3 is 1. The van der Waals surface area contributed by atoms with Gasteiger partial charge < -0.3 is 10.1 Å². The summed E-state index contributed by atoms with van der Waals surface area (Å²) in [5.74, 6) is 1.06. The lowest BCUT2D eigenvalue weighted by atomic mass is 10.2. The fourth-order valence-corrected chi connectivity index (χ4v) is 2.29. The van der Waals surface area contributed by atoms with Gasteiger partial charge in [0, 0.05) is 38.3 Å². The van der Waals surface area contributed by atoms with Crippen molar-refractivity contribution in [2.24, 2.45) is 0 Å². The van der Waals surface area contributed by atoms with E-state index in [1.807, 2.05) is 24.0 Å². The van der Waals surface area contributed by atoms with Gasteiger partial charge in [0.15, 0.2) is 0 Å². The summed E-state index contributed by atoms with van der Waals surface area (Å²) >= 11 is 1.81. The van der Waals surface area contributed by atoms with Crippen molar-refractivity contribution >= 4 is 11.8 Å². The molecule has 1 N–H and O–H groups in total. The first-order valence-corrected chi connectivity index (χ1v) is 7.01. The molecule has 4 heteroatoms. The van der Waals surface area contributed by atoms with E-state index >= 15 is 0 Å². The van der Waals surface area contributed by atoms with Gasteiger partial charge in [0.25, 0.3) is 0 Å². The number of ether oxygens (including phenoxy) is 1. The van der Waals surface area contributed by atoms with E-state index < -0.39 is 0 Å². The zero-order valence-corrected chi connectivity index (χ0v) is 11.7. The first-order chi connectivity index (χ1) is 8.24. The number of nitrogens with one attached hydrogen (secondary N) is 1. The van der Waals surface area contributed by atoms with Gasteiger partial charge in [-0.1, -0.05) is 19.9 Å². The summed E-state index contributed by atoms with van der Waals surface area (Å²) in [7, 11) is 1.74. The van der Waals surface area contributed by atoms with Crippen molar-refractivity contribution in [2.45, 2.75) is 37.9 Å². The highest BCUT2D eigenvalue weighted by atomic mass is 32.2. The normalized spacial score (nSPS) is 11.1. The molecule has 0 unspecified atom stereocenters.